The van der Waals surface area contributed by atoms with Crippen molar-refractivity contribution in [2.24, 2.45) is 4.99 Å². The number of carbonyl (C=O) groups is 1. The molecule has 0 fully saturated rings. The fraction of sp³-hybridized carbons (Fsp3) is 0.300. The van der Waals surface area contributed by atoms with Crippen molar-refractivity contribution >= 4 is 22.7 Å². The first kappa shape index (κ1) is 21.3. The second-order valence-corrected chi connectivity index (χ2v) is 7.78. The van der Waals surface area contributed by atoms with E-state index in [2.05, 4.69) is 10.3 Å². The van der Waals surface area contributed by atoms with Crippen LogP contribution < -0.4 is 5.32 Å². The zero-order valence-corrected chi connectivity index (χ0v) is 16.3. The number of carbonyl (C=O) groups excluding carboxylic acids is 1. The van der Waals surface area contributed by atoms with Gasteiger partial charge in [0.25, 0.3) is 0 Å². The summed E-state index contributed by atoms with van der Waals surface area (Å²) in [5.41, 5.74) is -0.0503. The molecule has 0 spiro atoms. The van der Waals surface area contributed by atoms with Crippen molar-refractivity contribution in [2.45, 2.75) is 37.9 Å². The minimum absolute atomic E-state index is 0.186. The first-order valence-corrected chi connectivity index (χ1v) is 9.55. The molecule has 1 aliphatic rings. The predicted molar refractivity (Wildman–Crippen MR) is 102 cm³/mol. The lowest BCUT2D eigenvalue weighted by molar-refractivity contribution is -0.137. The van der Waals surface area contributed by atoms with Gasteiger partial charge < -0.3 is 5.32 Å². The van der Waals surface area contributed by atoms with Gasteiger partial charge in [0.1, 0.15) is 17.7 Å². The molecule has 2 aromatic carbocycles. The molecule has 0 saturated heterocycles. The molecular formula is C20H17F5N2OS. The average molecular weight is 428 g/mol. The maximum Gasteiger partial charge on any atom is 0.416 e. The Morgan fingerprint density at radius 3 is 2.41 bits per heavy atom. The second kappa shape index (κ2) is 8.14. The third kappa shape index (κ3) is 4.60. The Morgan fingerprint density at radius 1 is 1.17 bits per heavy atom. The van der Waals surface area contributed by atoms with Crippen LogP contribution in [0.1, 0.15) is 34.4 Å². The van der Waals surface area contributed by atoms with Gasteiger partial charge in [0.05, 0.1) is 10.8 Å². The largest absolute Gasteiger partial charge is 0.416 e. The van der Waals surface area contributed by atoms with Gasteiger partial charge in [0, 0.05) is 12.1 Å². The Balaban J connectivity index is 1.85. The standard InChI is InChI=1S/C20H17F5N2OS/c1-10-6-7-12(20(23,24)25)8-13(10)18-17(11(2)28)27-19(29-18)26-9-14-15(21)4-3-5-16(14)22/h3-8,17-18H,9H2,1-2H3,(H,26,27). The van der Waals surface area contributed by atoms with Crippen molar-refractivity contribution in [1.29, 1.82) is 0 Å². The number of benzene rings is 2. The predicted octanol–water partition coefficient (Wildman–Crippen LogP) is 5.18. The summed E-state index contributed by atoms with van der Waals surface area (Å²) < 4.78 is 66.9. The Hall–Kier alpha value is -2.42. The summed E-state index contributed by atoms with van der Waals surface area (Å²) in [6.45, 7) is 2.76. The van der Waals surface area contributed by atoms with Crippen LogP contribution in [0, 0.1) is 18.6 Å². The number of hydrogen-bond donors (Lipinski definition) is 1. The topological polar surface area (TPSA) is 41.5 Å². The van der Waals surface area contributed by atoms with E-state index in [-0.39, 0.29) is 23.1 Å². The van der Waals surface area contributed by atoms with Gasteiger partial charge in [-0.2, -0.15) is 13.2 Å². The van der Waals surface area contributed by atoms with Gasteiger partial charge in [0.15, 0.2) is 11.0 Å². The lowest BCUT2D eigenvalue weighted by Gasteiger charge is -2.19. The molecule has 0 saturated carbocycles. The maximum atomic E-state index is 13.8. The summed E-state index contributed by atoms with van der Waals surface area (Å²) in [6.07, 6.45) is -4.51. The van der Waals surface area contributed by atoms with Crippen molar-refractivity contribution in [3.8, 4) is 0 Å². The molecule has 1 aliphatic heterocycles. The van der Waals surface area contributed by atoms with Crippen molar-refractivity contribution in [3.63, 3.8) is 0 Å². The van der Waals surface area contributed by atoms with Crippen molar-refractivity contribution < 1.29 is 26.7 Å². The average Bonchev–Trinajstić information content (AvgIpc) is 3.05. The lowest BCUT2D eigenvalue weighted by atomic mass is 9.96. The molecule has 3 nitrogen and oxygen atoms in total. The molecule has 9 heteroatoms. The molecule has 1 heterocycles. The maximum absolute atomic E-state index is 13.8. The minimum Gasteiger partial charge on any atom is -0.361 e. The van der Waals surface area contributed by atoms with E-state index < -0.39 is 34.7 Å². The highest BCUT2D eigenvalue weighted by molar-refractivity contribution is 8.14. The summed E-state index contributed by atoms with van der Waals surface area (Å²) in [6, 6.07) is 5.97. The molecule has 3 rings (SSSR count). The van der Waals surface area contributed by atoms with Crippen LogP contribution in [-0.2, 0) is 17.5 Å². The van der Waals surface area contributed by atoms with Crippen LogP contribution in [0.5, 0.6) is 0 Å². The summed E-state index contributed by atoms with van der Waals surface area (Å²) in [7, 11) is 0. The molecule has 154 valence electrons. The van der Waals surface area contributed by atoms with E-state index in [0.29, 0.717) is 11.1 Å². The Bertz CT molecular complexity index is 954. The van der Waals surface area contributed by atoms with E-state index in [1.165, 1.54) is 19.1 Å². The van der Waals surface area contributed by atoms with Crippen LogP contribution in [0.25, 0.3) is 0 Å². The number of ketones is 1. The van der Waals surface area contributed by atoms with Gasteiger partial charge in [-0.25, -0.2) is 13.8 Å². The molecule has 1 N–H and O–H groups in total. The molecule has 2 unspecified atom stereocenters. The highest BCUT2D eigenvalue weighted by atomic mass is 32.2. The van der Waals surface area contributed by atoms with Crippen LogP contribution >= 0.6 is 11.8 Å². The summed E-state index contributed by atoms with van der Waals surface area (Å²) >= 11 is 1.07. The normalized spacial score (nSPS) is 19.2. The first-order chi connectivity index (χ1) is 13.6. The van der Waals surface area contributed by atoms with Gasteiger partial charge in [0.2, 0.25) is 0 Å². The van der Waals surface area contributed by atoms with Gasteiger partial charge in [-0.3, -0.25) is 4.79 Å². The SMILES string of the molecule is CC(=O)C1N=C(NCc2c(F)cccc2F)SC1c1cc(C(F)(F)F)ccc1C. The van der Waals surface area contributed by atoms with E-state index in [1.54, 1.807) is 6.92 Å². The number of halogens is 5. The molecule has 29 heavy (non-hydrogen) atoms. The van der Waals surface area contributed by atoms with Crippen LogP contribution in [-0.4, -0.2) is 17.0 Å². The molecule has 2 atom stereocenters. The highest BCUT2D eigenvalue weighted by Crippen LogP contribution is 2.43. The molecular weight excluding hydrogens is 411 g/mol. The van der Waals surface area contributed by atoms with E-state index in [1.807, 2.05) is 0 Å². The number of rotatable bonds is 4. The summed E-state index contributed by atoms with van der Waals surface area (Å²) in [5, 5.41) is 2.37. The Labute approximate surface area is 168 Å². The van der Waals surface area contributed by atoms with Crippen LogP contribution in [0.15, 0.2) is 41.4 Å². The number of nitrogens with one attached hydrogen (secondary N) is 1. The molecule has 0 aliphatic carbocycles. The van der Waals surface area contributed by atoms with Gasteiger partial charge >= 0.3 is 6.18 Å². The zero-order chi connectivity index (χ0) is 21.3. The number of Topliss-reactive ketones (excluding diaryl/α,β-unsaturated/α-hetero) is 1. The van der Waals surface area contributed by atoms with Crippen LogP contribution in [0.4, 0.5) is 22.0 Å². The second-order valence-electron chi connectivity index (χ2n) is 6.65. The van der Waals surface area contributed by atoms with Crippen molar-refractivity contribution in [2.75, 3.05) is 0 Å². The van der Waals surface area contributed by atoms with Crippen LogP contribution in [0.3, 0.4) is 0 Å². The van der Waals surface area contributed by atoms with Crippen molar-refractivity contribution in [3.05, 3.63) is 70.3 Å². The summed E-state index contributed by atoms with van der Waals surface area (Å²) in [5.74, 6) is -1.77. The Kier molecular flexibility index (Phi) is 5.97. The molecule has 2 aromatic rings. The zero-order valence-electron chi connectivity index (χ0n) is 15.5. The third-order valence-corrected chi connectivity index (χ3v) is 5.83. The monoisotopic (exact) mass is 428 g/mol. The molecule has 0 aromatic heterocycles. The number of aryl methyl sites for hydroxylation is 1. The number of nitrogens with zero attached hydrogens (tertiary/aromatic N) is 1. The number of aliphatic imine (C=N–C) groups is 1. The van der Waals surface area contributed by atoms with Crippen molar-refractivity contribution in [1.82, 2.24) is 5.32 Å². The van der Waals surface area contributed by atoms with E-state index in [9.17, 15) is 26.7 Å². The fourth-order valence-corrected chi connectivity index (χ4v) is 4.36. The lowest BCUT2D eigenvalue weighted by Crippen LogP contribution is -2.21. The number of thioether (sulfide) groups is 1. The summed E-state index contributed by atoms with van der Waals surface area (Å²) in [4.78, 5) is 16.3. The minimum atomic E-state index is -4.51. The van der Waals surface area contributed by atoms with E-state index in [4.69, 9.17) is 0 Å². The molecule has 0 radical (unpaired) electrons. The Morgan fingerprint density at radius 2 is 1.83 bits per heavy atom. The van der Waals surface area contributed by atoms with Gasteiger partial charge in [-0.1, -0.05) is 23.9 Å². The molecule has 0 bridgehead atoms. The highest BCUT2D eigenvalue weighted by Gasteiger charge is 2.38. The van der Waals surface area contributed by atoms with Gasteiger partial charge in [-0.05, 0) is 49.2 Å². The van der Waals surface area contributed by atoms with E-state index >= 15 is 0 Å². The van der Waals surface area contributed by atoms with E-state index in [0.717, 1.165) is 36.0 Å². The third-order valence-electron chi connectivity index (χ3n) is 4.59. The van der Waals surface area contributed by atoms with Gasteiger partial charge in [-0.15, -0.1) is 0 Å². The number of amidine groups is 1. The fourth-order valence-electron chi connectivity index (χ4n) is 3.02. The molecule has 0 amide bonds. The smallest absolute Gasteiger partial charge is 0.361 e. The quantitative estimate of drug-likeness (QED) is 0.682. The number of alkyl halides is 3. The van der Waals surface area contributed by atoms with Crippen LogP contribution in [0.2, 0.25) is 0 Å². The number of hydrogen-bond acceptors (Lipinski definition) is 4. The first-order valence-electron chi connectivity index (χ1n) is 8.67.